The Bertz CT molecular complexity index is 3220. The van der Waals surface area contributed by atoms with Gasteiger partial charge >= 0.3 is 0 Å². The number of nitrogens with one attached hydrogen (secondary N) is 4. The van der Waals surface area contributed by atoms with E-state index in [-0.39, 0.29) is 65.2 Å². The molecule has 5 aromatic rings. The SMILES string of the molecule is CN[C@@H](C)C(=O)NC(C(=O)N1CC(NC(=O)c2cnc(N3CCN(CCCOc4cc5ncnc(N=C(N)/C(C)=C(/C)N)c5cc4S(=O)(=O)C(C)(C)C)CC3)nc2)CC1C(=O)Nc1cc(C)nn1-c1ccccc1)C1CCCCC1. The second-order valence-electron chi connectivity index (χ2n) is 22.0. The van der Waals surface area contributed by atoms with Gasteiger partial charge in [0.05, 0.1) is 39.9 Å². The van der Waals surface area contributed by atoms with Crippen molar-refractivity contribution < 1.29 is 32.3 Å². The molecule has 2 aliphatic heterocycles. The van der Waals surface area contributed by atoms with E-state index in [4.69, 9.17) is 16.2 Å². The van der Waals surface area contributed by atoms with Crippen LogP contribution in [0.4, 0.5) is 17.6 Å². The Morgan fingerprint density at radius 1 is 0.925 bits per heavy atom. The molecule has 80 heavy (non-hydrogen) atoms. The number of piperazine rings is 1. The quantitative estimate of drug-likeness (QED) is 0.0381. The number of aliphatic imine (C=N–C) groups is 1. The molecule has 0 spiro atoms. The molecular formula is C56H76N16O7S. The second kappa shape index (κ2) is 25.3. The zero-order chi connectivity index (χ0) is 57.5. The first-order chi connectivity index (χ1) is 38.1. The van der Waals surface area contributed by atoms with Crippen LogP contribution in [0.5, 0.6) is 5.75 Å². The van der Waals surface area contributed by atoms with Gasteiger partial charge in [-0.2, -0.15) is 5.10 Å². The van der Waals surface area contributed by atoms with Gasteiger partial charge in [-0.1, -0.05) is 37.5 Å². The summed E-state index contributed by atoms with van der Waals surface area (Å²) in [5.41, 5.74) is 15.3. The largest absolute Gasteiger partial charge is 0.492 e. The van der Waals surface area contributed by atoms with Crippen LogP contribution < -0.4 is 42.4 Å². The summed E-state index contributed by atoms with van der Waals surface area (Å²) >= 11 is 0. The van der Waals surface area contributed by atoms with Crippen LogP contribution in [0.2, 0.25) is 0 Å². The molecule has 0 bridgehead atoms. The molecule has 4 atom stereocenters. The van der Waals surface area contributed by atoms with Crippen molar-refractivity contribution in [2.45, 2.75) is 127 Å². The average molecular weight is 1120 g/mol. The molecule has 1 saturated carbocycles. The highest BCUT2D eigenvalue weighted by Crippen LogP contribution is 2.38. The molecule has 23 nitrogen and oxygen atoms in total. The first-order valence-electron chi connectivity index (χ1n) is 27.4. The van der Waals surface area contributed by atoms with Gasteiger partial charge in [0.15, 0.2) is 15.7 Å². The van der Waals surface area contributed by atoms with E-state index >= 15 is 0 Å². The highest BCUT2D eigenvalue weighted by atomic mass is 32.2. The monoisotopic (exact) mass is 1120 g/mol. The molecule has 428 valence electrons. The fourth-order valence-electron chi connectivity index (χ4n) is 10.1. The number of aromatic nitrogens is 6. The fourth-order valence-corrected chi connectivity index (χ4v) is 11.5. The number of allylic oxidation sites excluding steroid dienone is 1. The molecule has 8 N–H and O–H groups in total. The average Bonchev–Trinajstić information content (AvgIpc) is 4.09. The van der Waals surface area contributed by atoms with E-state index in [1.807, 2.05) is 42.2 Å². The van der Waals surface area contributed by atoms with Gasteiger partial charge < -0.3 is 47.3 Å². The number of likely N-dealkylation sites (N-methyl/N-ethyl adjacent to an activating group) is 1. The number of amides is 4. The summed E-state index contributed by atoms with van der Waals surface area (Å²) < 4.78 is 34.7. The lowest BCUT2D eigenvalue weighted by Gasteiger charge is -2.35. The lowest BCUT2D eigenvalue weighted by Crippen LogP contribution is -2.57. The van der Waals surface area contributed by atoms with Crippen LogP contribution in [0.3, 0.4) is 0 Å². The van der Waals surface area contributed by atoms with Crippen LogP contribution in [0.1, 0.15) is 103 Å². The van der Waals surface area contributed by atoms with E-state index < -0.39 is 50.6 Å². The summed E-state index contributed by atoms with van der Waals surface area (Å²) in [6.45, 7) is 15.5. The maximum atomic E-state index is 14.9. The number of nitrogens with zero attached hydrogens (tertiary/aromatic N) is 10. The normalized spacial score (nSPS) is 18.8. The van der Waals surface area contributed by atoms with Crippen LogP contribution in [-0.4, -0.2) is 159 Å². The molecular weight excluding hydrogens is 1040 g/mol. The summed E-state index contributed by atoms with van der Waals surface area (Å²) in [6, 6.07) is 11.3. The van der Waals surface area contributed by atoms with Crippen LogP contribution in [0.15, 0.2) is 88.4 Å². The molecule has 3 aliphatic rings. The van der Waals surface area contributed by atoms with Crippen molar-refractivity contribution in [1.29, 1.82) is 0 Å². The highest BCUT2D eigenvalue weighted by molar-refractivity contribution is 7.92. The number of nitrogens with two attached hydrogens (primary N) is 2. The minimum atomic E-state index is -3.90. The van der Waals surface area contributed by atoms with Crippen molar-refractivity contribution in [3.63, 3.8) is 0 Å². The third kappa shape index (κ3) is 13.5. The Morgan fingerprint density at radius 2 is 1.62 bits per heavy atom. The van der Waals surface area contributed by atoms with Crippen LogP contribution in [-0.2, 0) is 24.2 Å². The van der Waals surface area contributed by atoms with Gasteiger partial charge in [0.1, 0.15) is 40.7 Å². The summed E-state index contributed by atoms with van der Waals surface area (Å²) in [4.78, 5) is 84.8. The number of fused-ring (bicyclic) bond motifs is 1. The molecule has 24 heteroatoms. The number of benzene rings is 2. The Labute approximate surface area is 467 Å². The first kappa shape index (κ1) is 58.6. The molecule has 8 rings (SSSR count). The van der Waals surface area contributed by atoms with Crippen molar-refractivity contribution >= 4 is 67.8 Å². The number of aryl methyl sites for hydroxylation is 1. The zero-order valence-corrected chi connectivity index (χ0v) is 47.8. The smallest absolute Gasteiger partial charge is 0.254 e. The molecule has 0 radical (unpaired) electrons. The summed E-state index contributed by atoms with van der Waals surface area (Å²) in [7, 11) is -2.21. The number of hydrogen-bond acceptors (Lipinski definition) is 17. The number of hydrogen-bond donors (Lipinski definition) is 6. The fraction of sp³-hybridized carbons (Fsp3) is 0.500. The lowest BCUT2D eigenvalue weighted by atomic mass is 9.83. The highest BCUT2D eigenvalue weighted by Gasteiger charge is 2.45. The number of carbonyl (C=O) groups excluding carboxylic acids is 4. The van der Waals surface area contributed by atoms with E-state index in [0.717, 1.165) is 37.8 Å². The van der Waals surface area contributed by atoms with Gasteiger partial charge in [-0.25, -0.2) is 38.0 Å². The van der Waals surface area contributed by atoms with E-state index in [2.05, 4.69) is 56.2 Å². The molecule has 3 aromatic heterocycles. The molecule has 4 amide bonds. The zero-order valence-electron chi connectivity index (χ0n) is 47.0. The molecule has 2 aromatic carbocycles. The van der Waals surface area contributed by atoms with Crippen LogP contribution >= 0.6 is 0 Å². The Kier molecular flexibility index (Phi) is 18.5. The second-order valence-corrected chi connectivity index (χ2v) is 24.6. The van der Waals surface area contributed by atoms with E-state index in [9.17, 15) is 27.6 Å². The summed E-state index contributed by atoms with van der Waals surface area (Å²) in [5, 5.41) is 17.1. The number of likely N-dealkylation sites (tertiary alicyclic amines) is 1. The third-order valence-corrected chi connectivity index (χ3v) is 17.7. The van der Waals surface area contributed by atoms with Crippen LogP contribution in [0, 0.1) is 12.8 Å². The van der Waals surface area contributed by atoms with Gasteiger partial charge in [-0.3, -0.25) is 24.1 Å². The number of amidine groups is 1. The van der Waals surface area contributed by atoms with Gasteiger partial charge in [0, 0.05) is 86.5 Å². The number of rotatable bonds is 19. The van der Waals surface area contributed by atoms with E-state index in [1.165, 1.54) is 29.7 Å². The molecule has 1 aliphatic carbocycles. The minimum Gasteiger partial charge on any atom is -0.492 e. The predicted octanol–water partition coefficient (Wildman–Crippen LogP) is 4.33. The Hall–Kier alpha value is -7.57. The van der Waals surface area contributed by atoms with Crippen molar-refractivity contribution in [2.75, 3.05) is 63.1 Å². The van der Waals surface area contributed by atoms with Crippen molar-refractivity contribution in [1.82, 2.24) is 55.5 Å². The molecule has 2 saturated heterocycles. The maximum absolute atomic E-state index is 14.9. The topological polar surface area (TPSA) is 303 Å². The molecule has 3 unspecified atom stereocenters. The molecule has 3 fully saturated rings. The Balaban J connectivity index is 0.895. The van der Waals surface area contributed by atoms with Crippen LogP contribution in [0.25, 0.3) is 16.6 Å². The molecule has 5 heterocycles. The van der Waals surface area contributed by atoms with E-state index in [0.29, 0.717) is 78.8 Å². The number of carbonyl (C=O) groups is 4. The standard InChI is InChI=1S/C56H76N16O7S/c1-34-26-47(72(68-34)41-18-13-10-14-19-41)65-53(75)44-27-40(32-71(44)54(76)48(38-16-11-9-12-17-38)66-51(73)37(4)59-8)64-52(74)39-30-60-55(61-31-39)70-23-21-69(22-24-70)20-15-25-79-45-29-43-42(28-46(45)80(77,78)56(5,6)7)50(63-33-62-43)67-49(58)35(2)36(3)57/h10,13-14,18-19,26,28-31,33,37-38,40,44,48,59H,9,11-12,15-17,20-25,27,32,57H2,1-8H3,(H,64,74)(H,65,75)(H,66,73)(H2,58,62,63,67)/b36-35-/t37-,40?,44?,48?/m0/s1. The number of anilines is 2. The van der Waals surface area contributed by atoms with E-state index in [1.54, 1.807) is 65.4 Å². The first-order valence-corrected chi connectivity index (χ1v) is 28.9. The Morgan fingerprint density at radius 3 is 2.29 bits per heavy atom. The van der Waals surface area contributed by atoms with Gasteiger partial charge in [0.25, 0.3) is 5.91 Å². The summed E-state index contributed by atoms with van der Waals surface area (Å²) in [5.74, 6) is -0.238. The van der Waals surface area contributed by atoms with Crippen molar-refractivity contribution in [2.24, 2.45) is 22.4 Å². The van der Waals surface area contributed by atoms with Gasteiger partial charge in [-0.05, 0) is 105 Å². The summed E-state index contributed by atoms with van der Waals surface area (Å²) in [6.07, 6.45) is 9.45. The van der Waals surface area contributed by atoms with Gasteiger partial charge in [-0.15, -0.1) is 0 Å². The lowest BCUT2D eigenvalue weighted by molar-refractivity contribution is -0.142. The predicted molar refractivity (Wildman–Crippen MR) is 306 cm³/mol. The van der Waals surface area contributed by atoms with Gasteiger partial charge in [0.2, 0.25) is 23.7 Å². The van der Waals surface area contributed by atoms with Crippen molar-refractivity contribution in [3.8, 4) is 11.4 Å². The maximum Gasteiger partial charge on any atom is 0.254 e. The minimum absolute atomic E-state index is 0.00769. The number of ether oxygens (including phenoxy) is 1. The number of sulfone groups is 1. The number of para-hydroxylation sites is 1. The van der Waals surface area contributed by atoms with Crippen molar-refractivity contribution in [3.05, 3.63) is 89.8 Å². The third-order valence-electron chi connectivity index (χ3n) is 15.2.